The third kappa shape index (κ3) is 1.04. The van der Waals surface area contributed by atoms with Gasteiger partial charge >= 0.3 is 0 Å². The van der Waals surface area contributed by atoms with Crippen LogP contribution in [0, 0.1) is 0 Å². The second-order valence-electron chi connectivity index (χ2n) is 2.49. The van der Waals surface area contributed by atoms with Crippen LogP contribution in [-0.4, -0.2) is 16.5 Å². The van der Waals surface area contributed by atoms with Gasteiger partial charge in [-0.3, -0.25) is 15.0 Å². The number of aromatic nitrogens is 2. The first-order chi connectivity index (χ1) is 5.81. The number of rotatable bonds is 1. The number of hydrogen-bond donors (Lipinski definition) is 2. The predicted octanol–water partition coefficient (Wildman–Crippen LogP) is 1.58. The van der Waals surface area contributed by atoms with Crippen molar-refractivity contribution in [3.05, 3.63) is 28.6 Å². The minimum atomic E-state index is -0.0547. The summed E-state index contributed by atoms with van der Waals surface area (Å²) in [6, 6.07) is 5.77. The van der Waals surface area contributed by atoms with Gasteiger partial charge in [-0.15, -0.1) is 11.8 Å². The summed E-state index contributed by atoms with van der Waals surface area (Å²) in [4.78, 5) is 12.3. The van der Waals surface area contributed by atoms with Crippen molar-refractivity contribution in [3.8, 4) is 0 Å². The number of nitrogens with one attached hydrogen (secondary N) is 2. The van der Waals surface area contributed by atoms with Gasteiger partial charge < -0.3 is 0 Å². The van der Waals surface area contributed by atoms with Crippen molar-refractivity contribution in [1.82, 2.24) is 10.2 Å². The molecule has 0 aliphatic rings. The van der Waals surface area contributed by atoms with Gasteiger partial charge in [-0.2, -0.15) is 0 Å². The van der Waals surface area contributed by atoms with Gasteiger partial charge in [0, 0.05) is 4.90 Å². The average molecular weight is 180 g/mol. The first-order valence-electron chi connectivity index (χ1n) is 3.55. The molecule has 3 nitrogen and oxygen atoms in total. The molecular weight excluding hydrogens is 172 g/mol. The lowest BCUT2D eigenvalue weighted by atomic mass is 10.2. The lowest BCUT2D eigenvalue weighted by Gasteiger charge is -1.93. The number of thioether (sulfide) groups is 1. The van der Waals surface area contributed by atoms with Gasteiger partial charge in [0.2, 0.25) is 0 Å². The maximum Gasteiger partial charge on any atom is 0.271 e. The summed E-state index contributed by atoms with van der Waals surface area (Å²) < 4.78 is 0. The fourth-order valence-corrected chi connectivity index (χ4v) is 1.58. The SMILES string of the molecule is CSc1ccc2[nH][nH]c(=O)c2c1. The van der Waals surface area contributed by atoms with E-state index < -0.39 is 0 Å². The largest absolute Gasteiger partial charge is 0.298 e. The van der Waals surface area contributed by atoms with Crippen molar-refractivity contribution in [2.24, 2.45) is 0 Å². The molecule has 0 unspecified atom stereocenters. The summed E-state index contributed by atoms with van der Waals surface area (Å²) >= 11 is 1.63. The minimum absolute atomic E-state index is 0.0547. The second-order valence-corrected chi connectivity index (χ2v) is 3.37. The highest BCUT2D eigenvalue weighted by Gasteiger charge is 2.00. The topological polar surface area (TPSA) is 48.6 Å². The summed E-state index contributed by atoms with van der Waals surface area (Å²) in [5.74, 6) is 0. The Morgan fingerprint density at radius 3 is 2.92 bits per heavy atom. The zero-order chi connectivity index (χ0) is 8.55. The molecule has 12 heavy (non-hydrogen) atoms. The van der Waals surface area contributed by atoms with E-state index in [-0.39, 0.29) is 5.56 Å². The fraction of sp³-hybridized carbons (Fsp3) is 0.125. The van der Waals surface area contributed by atoms with Gasteiger partial charge in [0.15, 0.2) is 0 Å². The predicted molar refractivity (Wildman–Crippen MR) is 50.7 cm³/mol. The molecule has 0 spiro atoms. The first kappa shape index (κ1) is 7.49. The van der Waals surface area contributed by atoms with Crippen LogP contribution in [0.1, 0.15) is 0 Å². The van der Waals surface area contributed by atoms with Crippen molar-refractivity contribution in [2.45, 2.75) is 4.90 Å². The van der Waals surface area contributed by atoms with Crippen LogP contribution in [0.3, 0.4) is 0 Å². The van der Waals surface area contributed by atoms with E-state index in [2.05, 4.69) is 10.2 Å². The van der Waals surface area contributed by atoms with E-state index in [1.807, 2.05) is 24.5 Å². The summed E-state index contributed by atoms with van der Waals surface area (Å²) in [5.41, 5.74) is 0.804. The molecule has 0 aliphatic carbocycles. The molecule has 1 aromatic carbocycles. The summed E-state index contributed by atoms with van der Waals surface area (Å²) in [5, 5.41) is 6.05. The van der Waals surface area contributed by atoms with Gasteiger partial charge in [-0.25, -0.2) is 0 Å². The Hall–Kier alpha value is -1.16. The number of H-pyrrole nitrogens is 2. The maximum absolute atomic E-state index is 11.2. The van der Waals surface area contributed by atoms with Crippen LogP contribution in [0.2, 0.25) is 0 Å². The molecule has 0 fully saturated rings. The normalized spacial score (nSPS) is 10.8. The van der Waals surface area contributed by atoms with Crippen LogP contribution in [-0.2, 0) is 0 Å². The lowest BCUT2D eigenvalue weighted by Crippen LogP contribution is -1.96. The zero-order valence-electron chi connectivity index (χ0n) is 6.55. The van der Waals surface area contributed by atoms with Crippen molar-refractivity contribution in [1.29, 1.82) is 0 Å². The molecule has 2 aromatic rings. The molecule has 0 amide bonds. The monoisotopic (exact) mass is 180 g/mol. The molecule has 4 heteroatoms. The van der Waals surface area contributed by atoms with Crippen LogP contribution in [0.15, 0.2) is 27.9 Å². The summed E-state index contributed by atoms with van der Waals surface area (Å²) in [7, 11) is 0. The second kappa shape index (κ2) is 2.71. The van der Waals surface area contributed by atoms with E-state index in [1.165, 1.54) is 0 Å². The van der Waals surface area contributed by atoms with Crippen LogP contribution in [0.4, 0.5) is 0 Å². The van der Waals surface area contributed by atoms with Crippen LogP contribution in [0.5, 0.6) is 0 Å². The standard InChI is InChI=1S/C8H8N2OS/c1-12-5-2-3-7-6(4-5)8(11)10-9-7/h2-4H,1H3,(H2,9,10,11). The molecule has 1 aromatic heterocycles. The van der Waals surface area contributed by atoms with Crippen molar-refractivity contribution in [3.63, 3.8) is 0 Å². The fourth-order valence-electron chi connectivity index (χ4n) is 1.14. The molecule has 1 heterocycles. The Balaban J connectivity index is 2.80. The Bertz CT molecular complexity index is 457. The number of aromatic amines is 2. The number of benzene rings is 1. The van der Waals surface area contributed by atoms with Crippen LogP contribution in [0.25, 0.3) is 10.9 Å². The van der Waals surface area contributed by atoms with E-state index >= 15 is 0 Å². The van der Waals surface area contributed by atoms with Crippen LogP contribution >= 0.6 is 11.8 Å². The Morgan fingerprint density at radius 2 is 2.17 bits per heavy atom. The van der Waals surface area contributed by atoms with Crippen molar-refractivity contribution in [2.75, 3.05) is 6.26 Å². The smallest absolute Gasteiger partial charge is 0.271 e. The van der Waals surface area contributed by atoms with E-state index in [0.717, 1.165) is 15.8 Å². The van der Waals surface area contributed by atoms with Gasteiger partial charge in [0.25, 0.3) is 5.56 Å². The molecule has 0 saturated carbocycles. The lowest BCUT2D eigenvalue weighted by molar-refractivity contribution is 1.08. The minimum Gasteiger partial charge on any atom is -0.298 e. The zero-order valence-corrected chi connectivity index (χ0v) is 7.37. The van der Waals surface area contributed by atoms with Gasteiger partial charge in [0.05, 0.1) is 10.9 Å². The number of hydrogen-bond acceptors (Lipinski definition) is 2. The van der Waals surface area contributed by atoms with E-state index in [4.69, 9.17) is 0 Å². The van der Waals surface area contributed by atoms with Crippen molar-refractivity contribution < 1.29 is 0 Å². The van der Waals surface area contributed by atoms with E-state index in [9.17, 15) is 4.79 Å². The molecule has 0 aliphatic heterocycles. The Kier molecular flexibility index (Phi) is 1.69. The average Bonchev–Trinajstić information content (AvgIpc) is 2.47. The van der Waals surface area contributed by atoms with Crippen LogP contribution < -0.4 is 5.56 Å². The molecule has 0 radical (unpaired) electrons. The molecule has 62 valence electrons. The Morgan fingerprint density at radius 1 is 1.33 bits per heavy atom. The Labute approximate surface area is 73.2 Å². The first-order valence-corrected chi connectivity index (χ1v) is 4.78. The molecule has 0 atom stereocenters. The quantitative estimate of drug-likeness (QED) is 0.654. The molecular formula is C8H8N2OS. The van der Waals surface area contributed by atoms with E-state index in [1.54, 1.807) is 11.8 Å². The summed E-state index contributed by atoms with van der Waals surface area (Å²) in [6.45, 7) is 0. The van der Waals surface area contributed by atoms with Crippen molar-refractivity contribution >= 4 is 22.7 Å². The molecule has 2 N–H and O–H groups in total. The van der Waals surface area contributed by atoms with E-state index in [0.29, 0.717) is 0 Å². The molecule has 0 saturated heterocycles. The maximum atomic E-state index is 11.2. The third-order valence-corrected chi connectivity index (χ3v) is 2.51. The highest BCUT2D eigenvalue weighted by molar-refractivity contribution is 7.98. The molecule has 2 rings (SSSR count). The van der Waals surface area contributed by atoms with Gasteiger partial charge in [-0.1, -0.05) is 0 Å². The highest BCUT2D eigenvalue weighted by Crippen LogP contribution is 2.17. The summed E-state index contributed by atoms with van der Waals surface area (Å²) in [6.07, 6.45) is 1.99. The highest BCUT2D eigenvalue weighted by atomic mass is 32.2. The van der Waals surface area contributed by atoms with Gasteiger partial charge in [0.1, 0.15) is 0 Å². The van der Waals surface area contributed by atoms with Gasteiger partial charge in [-0.05, 0) is 24.5 Å². The number of fused-ring (bicyclic) bond motifs is 1. The third-order valence-electron chi connectivity index (χ3n) is 1.78. The molecule has 0 bridgehead atoms.